The van der Waals surface area contributed by atoms with Crippen LogP contribution in [0.3, 0.4) is 0 Å². The van der Waals surface area contributed by atoms with Gasteiger partial charge in [0.15, 0.2) is 0 Å². The highest BCUT2D eigenvalue weighted by Crippen LogP contribution is 2.60. The molecule has 202 valence electrons. The van der Waals surface area contributed by atoms with E-state index in [1.54, 1.807) is 5.57 Å². The molecule has 0 radical (unpaired) electrons. The van der Waals surface area contributed by atoms with Crippen molar-refractivity contribution in [2.45, 2.75) is 150 Å². The molecular formula is C33H58O2. The van der Waals surface area contributed by atoms with Crippen molar-refractivity contribution >= 4 is 0 Å². The highest BCUT2D eigenvalue weighted by molar-refractivity contribution is 5.28. The van der Waals surface area contributed by atoms with Crippen LogP contribution in [0.2, 0.25) is 0 Å². The Morgan fingerprint density at radius 2 is 1.71 bits per heavy atom. The standard InChI is InChI=1S/C29H46O2.C3H8.CH4/c1-21(8-6-19-29(31)17-4-5-18-29)25-14-15-26-24(9-7-16-28(25,26)3)13-12-23-11-10-22(2)27(30)20-23;1-3-2;/h12-13,21,25-27,30-31H,2,4-11,14-20H2,1,3H3;3H2,1-2H3;1H4/b23-12-,24-13+;;. The first-order chi connectivity index (χ1) is 16.2. The molecule has 0 aromatic heterocycles. The first-order valence-corrected chi connectivity index (χ1v) is 14.7. The number of hydrogen-bond acceptors (Lipinski definition) is 2. The summed E-state index contributed by atoms with van der Waals surface area (Å²) in [6.45, 7) is 13.3. The Bertz CT molecular complexity index is 725. The van der Waals surface area contributed by atoms with Gasteiger partial charge in [-0.25, -0.2) is 0 Å². The van der Waals surface area contributed by atoms with Crippen LogP contribution in [0.1, 0.15) is 138 Å². The van der Waals surface area contributed by atoms with Gasteiger partial charge in [0, 0.05) is 0 Å². The van der Waals surface area contributed by atoms with E-state index in [-0.39, 0.29) is 19.1 Å². The van der Waals surface area contributed by atoms with Crippen molar-refractivity contribution in [1.29, 1.82) is 0 Å². The predicted octanol–water partition coefficient (Wildman–Crippen LogP) is 9.32. The third-order valence-corrected chi connectivity index (χ3v) is 9.79. The zero-order chi connectivity index (χ0) is 24.8. The summed E-state index contributed by atoms with van der Waals surface area (Å²) >= 11 is 0. The molecule has 4 rings (SSSR count). The maximum Gasteiger partial charge on any atom is 0.0784 e. The Balaban J connectivity index is 0.00000103. The Kier molecular flexibility index (Phi) is 11.8. The Hall–Kier alpha value is -0.860. The molecule has 4 saturated carbocycles. The van der Waals surface area contributed by atoms with E-state index in [2.05, 4.69) is 46.4 Å². The van der Waals surface area contributed by atoms with Crippen LogP contribution >= 0.6 is 0 Å². The minimum absolute atomic E-state index is 0. The summed E-state index contributed by atoms with van der Waals surface area (Å²) in [6, 6.07) is 0. The van der Waals surface area contributed by atoms with E-state index in [1.807, 2.05) is 0 Å². The fourth-order valence-corrected chi connectivity index (χ4v) is 7.81. The SMILES string of the molecule is C.C=C1CC/C(=C/C=C2\CCCC3(C)C2CCC3C(C)CCCC2(O)CCCC2)CC1O.CCC. The van der Waals surface area contributed by atoms with Crippen LogP contribution in [-0.2, 0) is 0 Å². The molecule has 4 aliphatic carbocycles. The number of fused-ring (bicyclic) bond motifs is 1. The van der Waals surface area contributed by atoms with E-state index in [9.17, 15) is 10.2 Å². The average molecular weight is 487 g/mol. The molecule has 5 unspecified atom stereocenters. The molecule has 5 atom stereocenters. The quantitative estimate of drug-likeness (QED) is 0.367. The smallest absolute Gasteiger partial charge is 0.0784 e. The minimum atomic E-state index is -0.339. The van der Waals surface area contributed by atoms with Gasteiger partial charge in [-0.05, 0) is 99.4 Å². The lowest BCUT2D eigenvalue weighted by Gasteiger charge is -2.44. The van der Waals surface area contributed by atoms with Crippen LogP contribution in [0, 0.1) is 23.2 Å². The molecule has 0 bridgehead atoms. The van der Waals surface area contributed by atoms with Gasteiger partial charge in [-0.1, -0.05) is 97.1 Å². The topological polar surface area (TPSA) is 40.5 Å². The zero-order valence-corrected chi connectivity index (χ0v) is 22.9. The van der Waals surface area contributed by atoms with Crippen molar-refractivity contribution in [3.8, 4) is 0 Å². The van der Waals surface area contributed by atoms with E-state index >= 15 is 0 Å². The zero-order valence-electron chi connectivity index (χ0n) is 22.9. The first-order valence-electron chi connectivity index (χ1n) is 14.7. The van der Waals surface area contributed by atoms with E-state index < -0.39 is 0 Å². The third kappa shape index (κ3) is 7.57. The summed E-state index contributed by atoms with van der Waals surface area (Å²) in [7, 11) is 0. The van der Waals surface area contributed by atoms with Gasteiger partial charge in [0.05, 0.1) is 11.7 Å². The second kappa shape index (κ2) is 13.6. The van der Waals surface area contributed by atoms with Crippen molar-refractivity contribution in [3.63, 3.8) is 0 Å². The van der Waals surface area contributed by atoms with Crippen molar-refractivity contribution < 1.29 is 10.2 Å². The average Bonchev–Trinajstić information content (AvgIpc) is 3.38. The van der Waals surface area contributed by atoms with Crippen LogP contribution in [0.4, 0.5) is 0 Å². The molecule has 2 nitrogen and oxygen atoms in total. The molecule has 4 aliphatic rings. The largest absolute Gasteiger partial charge is 0.390 e. The lowest BCUT2D eigenvalue weighted by molar-refractivity contribution is 0.0319. The van der Waals surface area contributed by atoms with Crippen LogP contribution in [0.25, 0.3) is 0 Å². The molecule has 0 aromatic rings. The second-order valence-corrected chi connectivity index (χ2v) is 12.5. The van der Waals surface area contributed by atoms with Gasteiger partial charge in [0.25, 0.3) is 0 Å². The Morgan fingerprint density at radius 1 is 1.03 bits per heavy atom. The fourth-order valence-electron chi connectivity index (χ4n) is 7.81. The highest BCUT2D eigenvalue weighted by Gasteiger charge is 2.50. The van der Waals surface area contributed by atoms with E-state index in [4.69, 9.17) is 0 Å². The van der Waals surface area contributed by atoms with Gasteiger partial charge in [0.1, 0.15) is 0 Å². The monoisotopic (exact) mass is 486 g/mol. The predicted molar refractivity (Wildman–Crippen MR) is 152 cm³/mol. The summed E-state index contributed by atoms with van der Waals surface area (Å²) in [5.41, 5.74) is 4.19. The van der Waals surface area contributed by atoms with E-state index in [0.717, 1.165) is 61.9 Å². The minimum Gasteiger partial charge on any atom is -0.390 e. The molecule has 0 aromatic carbocycles. The van der Waals surface area contributed by atoms with Crippen molar-refractivity contribution in [2.24, 2.45) is 23.2 Å². The normalized spacial score (nSPS) is 35.3. The lowest BCUT2D eigenvalue weighted by Crippen LogP contribution is -2.36. The van der Waals surface area contributed by atoms with Gasteiger partial charge in [0.2, 0.25) is 0 Å². The van der Waals surface area contributed by atoms with Crippen molar-refractivity contribution in [3.05, 3.63) is 35.5 Å². The molecule has 0 amide bonds. The molecular weight excluding hydrogens is 428 g/mol. The molecule has 0 saturated heterocycles. The van der Waals surface area contributed by atoms with Gasteiger partial charge in [-0.3, -0.25) is 0 Å². The second-order valence-electron chi connectivity index (χ2n) is 12.5. The first kappa shape index (κ1) is 30.4. The van der Waals surface area contributed by atoms with Crippen LogP contribution in [0.5, 0.6) is 0 Å². The fraction of sp³-hybridized carbons (Fsp3) is 0.818. The van der Waals surface area contributed by atoms with Crippen molar-refractivity contribution in [1.82, 2.24) is 0 Å². The maximum atomic E-state index is 10.7. The van der Waals surface area contributed by atoms with Crippen molar-refractivity contribution in [2.75, 3.05) is 0 Å². The van der Waals surface area contributed by atoms with E-state index in [0.29, 0.717) is 5.41 Å². The summed E-state index contributed by atoms with van der Waals surface area (Å²) in [5, 5.41) is 20.9. The number of allylic oxidation sites excluding steroid dienone is 3. The third-order valence-electron chi connectivity index (χ3n) is 9.79. The molecule has 35 heavy (non-hydrogen) atoms. The Morgan fingerprint density at radius 3 is 2.37 bits per heavy atom. The number of aliphatic hydroxyl groups excluding tert-OH is 1. The Labute approximate surface area is 218 Å². The molecule has 0 spiro atoms. The van der Waals surface area contributed by atoms with Crippen LogP contribution < -0.4 is 0 Å². The van der Waals surface area contributed by atoms with Gasteiger partial charge >= 0.3 is 0 Å². The lowest BCUT2D eigenvalue weighted by atomic mass is 9.60. The molecule has 4 fully saturated rings. The van der Waals surface area contributed by atoms with Gasteiger partial charge in [-0.15, -0.1) is 0 Å². The number of hydrogen-bond donors (Lipinski definition) is 2. The van der Waals surface area contributed by atoms with Crippen LogP contribution in [0.15, 0.2) is 35.5 Å². The van der Waals surface area contributed by atoms with Gasteiger partial charge in [-0.2, -0.15) is 0 Å². The highest BCUT2D eigenvalue weighted by atomic mass is 16.3. The van der Waals surface area contributed by atoms with Crippen LogP contribution in [-0.4, -0.2) is 21.9 Å². The maximum absolute atomic E-state index is 10.7. The van der Waals surface area contributed by atoms with E-state index in [1.165, 1.54) is 69.8 Å². The summed E-state index contributed by atoms with van der Waals surface area (Å²) in [5.74, 6) is 2.33. The molecule has 0 heterocycles. The number of aliphatic hydroxyl groups is 2. The number of rotatable bonds is 6. The summed E-state index contributed by atoms with van der Waals surface area (Å²) in [4.78, 5) is 0. The molecule has 0 aliphatic heterocycles. The summed E-state index contributed by atoms with van der Waals surface area (Å²) in [6.07, 6.45) is 23.1. The summed E-state index contributed by atoms with van der Waals surface area (Å²) < 4.78 is 0. The molecule has 2 N–H and O–H groups in total. The van der Waals surface area contributed by atoms with Gasteiger partial charge < -0.3 is 10.2 Å². The molecule has 2 heteroatoms.